The van der Waals surface area contributed by atoms with Crippen molar-refractivity contribution in [3.05, 3.63) is 60.7 Å². The van der Waals surface area contributed by atoms with Crippen LogP contribution in [-0.4, -0.2) is 12.2 Å². The molecule has 0 aliphatic heterocycles. The van der Waals surface area contributed by atoms with Crippen LogP contribution in [0.4, 0.5) is 0 Å². The normalized spacial score (nSPS) is 14.3. The third-order valence-electron chi connectivity index (χ3n) is 3.50. The molecular weight excluding hydrogens is 249 g/mol. The lowest BCUT2D eigenvalue weighted by Gasteiger charge is -2.24. The number of hydrogen-bond donors (Lipinski definition) is 1. The zero-order chi connectivity index (χ0) is 13.7. The Morgan fingerprint density at radius 3 is 1.63 bits per heavy atom. The van der Waals surface area contributed by atoms with Crippen LogP contribution >= 0.6 is 7.92 Å². The van der Waals surface area contributed by atoms with Gasteiger partial charge in [0.05, 0.1) is 0 Å². The molecule has 2 aromatic carbocycles. The van der Waals surface area contributed by atoms with Crippen molar-refractivity contribution in [3.63, 3.8) is 0 Å². The maximum absolute atomic E-state index is 6.05. The lowest BCUT2D eigenvalue weighted by Crippen LogP contribution is -2.29. The van der Waals surface area contributed by atoms with Crippen LogP contribution in [0.1, 0.15) is 13.8 Å². The number of benzene rings is 2. The molecule has 0 spiro atoms. The van der Waals surface area contributed by atoms with Gasteiger partial charge in [-0.25, -0.2) is 0 Å². The van der Waals surface area contributed by atoms with E-state index in [1.54, 1.807) is 0 Å². The van der Waals surface area contributed by atoms with Gasteiger partial charge in [-0.15, -0.1) is 0 Å². The Bertz CT molecular complexity index is 442. The van der Waals surface area contributed by atoms with Crippen LogP contribution in [0.2, 0.25) is 0 Å². The highest BCUT2D eigenvalue weighted by Crippen LogP contribution is 2.36. The highest BCUT2D eigenvalue weighted by Gasteiger charge is 2.18. The van der Waals surface area contributed by atoms with Crippen molar-refractivity contribution in [2.45, 2.75) is 19.9 Å². The molecule has 0 bridgehead atoms. The molecule has 1 nitrogen and oxygen atoms in total. The van der Waals surface area contributed by atoms with Gasteiger partial charge in [-0.2, -0.15) is 0 Å². The Kier molecular flexibility index (Phi) is 5.13. The second-order valence-electron chi connectivity index (χ2n) is 5.12. The van der Waals surface area contributed by atoms with Gasteiger partial charge in [-0.1, -0.05) is 67.6 Å². The lowest BCUT2D eigenvalue weighted by atomic mass is 10.1. The minimum absolute atomic E-state index is 0.248. The second-order valence-corrected chi connectivity index (χ2v) is 7.37. The summed E-state index contributed by atoms with van der Waals surface area (Å²) in [4.78, 5) is 0. The monoisotopic (exact) mass is 271 g/mol. The fraction of sp³-hybridized carbons (Fsp3) is 0.294. The topological polar surface area (TPSA) is 26.0 Å². The van der Waals surface area contributed by atoms with E-state index < -0.39 is 0 Å². The van der Waals surface area contributed by atoms with E-state index in [2.05, 4.69) is 74.5 Å². The lowest BCUT2D eigenvalue weighted by molar-refractivity contribution is 0.536. The van der Waals surface area contributed by atoms with Crippen LogP contribution in [0.5, 0.6) is 0 Å². The van der Waals surface area contributed by atoms with Crippen molar-refractivity contribution in [3.8, 4) is 0 Å². The molecule has 2 atom stereocenters. The van der Waals surface area contributed by atoms with Crippen LogP contribution in [0, 0.1) is 5.92 Å². The SMILES string of the molecule is CC(N)C(C)CP(c1ccccc1)c1ccccc1. The van der Waals surface area contributed by atoms with E-state index in [4.69, 9.17) is 5.73 Å². The van der Waals surface area contributed by atoms with Gasteiger partial charge >= 0.3 is 0 Å². The third kappa shape index (κ3) is 3.89. The van der Waals surface area contributed by atoms with Crippen LogP contribution < -0.4 is 16.3 Å². The molecule has 2 rings (SSSR count). The summed E-state index contributed by atoms with van der Waals surface area (Å²) >= 11 is 0. The molecule has 0 radical (unpaired) electrons. The van der Waals surface area contributed by atoms with Crippen molar-refractivity contribution in [2.75, 3.05) is 6.16 Å². The molecule has 0 aliphatic rings. The van der Waals surface area contributed by atoms with E-state index in [0.717, 1.165) is 6.16 Å². The van der Waals surface area contributed by atoms with E-state index in [1.165, 1.54) is 10.6 Å². The summed E-state index contributed by atoms with van der Waals surface area (Å²) in [5.74, 6) is 0.534. The first kappa shape index (κ1) is 14.2. The molecule has 0 aliphatic carbocycles. The van der Waals surface area contributed by atoms with Crippen molar-refractivity contribution >= 4 is 18.5 Å². The zero-order valence-corrected chi connectivity index (χ0v) is 12.6. The average Bonchev–Trinajstić information content (AvgIpc) is 2.46. The number of rotatable bonds is 5. The van der Waals surface area contributed by atoms with Gasteiger partial charge in [0.1, 0.15) is 0 Å². The van der Waals surface area contributed by atoms with E-state index in [0.29, 0.717) is 5.92 Å². The van der Waals surface area contributed by atoms with E-state index in [9.17, 15) is 0 Å². The van der Waals surface area contributed by atoms with Crippen LogP contribution in [0.15, 0.2) is 60.7 Å². The average molecular weight is 271 g/mol. The minimum atomic E-state index is -0.303. The minimum Gasteiger partial charge on any atom is -0.328 e. The van der Waals surface area contributed by atoms with Crippen LogP contribution in [0.25, 0.3) is 0 Å². The van der Waals surface area contributed by atoms with Gasteiger partial charge in [0.25, 0.3) is 0 Å². The van der Waals surface area contributed by atoms with Gasteiger partial charge in [-0.05, 0) is 37.5 Å². The Morgan fingerprint density at radius 1 is 0.842 bits per heavy atom. The maximum Gasteiger partial charge on any atom is 0.00397 e. The smallest absolute Gasteiger partial charge is 0.00397 e. The summed E-state index contributed by atoms with van der Waals surface area (Å²) < 4.78 is 0. The van der Waals surface area contributed by atoms with E-state index >= 15 is 0 Å². The van der Waals surface area contributed by atoms with Crippen molar-refractivity contribution in [1.29, 1.82) is 0 Å². The summed E-state index contributed by atoms with van der Waals surface area (Å²) in [5.41, 5.74) is 6.05. The van der Waals surface area contributed by atoms with Crippen LogP contribution in [-0.2, 0) is 0 Å². The molecule has 19 heavy (non-hydrogen) atoms. The first-order valence-electron chi connectivity index (χ1n) is 6.81. The molecule has 100 valence electrons. The number of hydrogen-bond acceptors (Lipinski definition) is 1. The highest BCUT2D eigenvalue weighted by atomic mass is 31.1. The first-order valence-corrected chi connectivity index (χ1v) is 8.34. The fourth-order valence-electron chi connectivity index (χ4n) is 2.03. The maximum atomic E-state index is 6.05. The molecule has 2 heteroatoms. The predicted octanol–water partition coefficient (Wildman–Crippen LogP) is 3.10. The van der Waals surface area contributed by atoms with Gasteiger partial charge in [-0.3, -0.25) is 0 Å². The van der Waals surface area contributed by atoms with Gasteiger partial charge in [0.2, 0.25) is 0 Å². The predicted molar refractivity (Wildman–Crippen MR) is 86.8 cm³/mol. The molecule has 0 amide bonds. The Labute approximate surface area is 117 Å². The van der Waals surface area contributed by atoms with Crippen molar-refractivity contribution in [2.24, 2.45) is 11.7 Å². The Morgan fingerprint density at radius 2 is 1.26 bits per heavy atom. The largest absolute Gasteiger partial charge is 0.328 e. The van der Waals surface area contributed by atoms with Gasteiger partial charge < -0.3 is 5.73 Å². The summed E-state index contributed by atoms with van der Waals surface area (Å²) in [6.07, 6.45) is 1.15. The quantitative estimate of drug-likeness (QED) is 0.831. The van der Waals surface area contributed by atoms with Crippen molar-refractivity contribution in [1.82, 2.24) is 0 Å². The zero-order valence-electron chi connectivity index (χ0n) is 11.7. The van der Waals surface area contributed by atoms with Crippen LogP contribution in [0.3, 0.4) is 0 Å². The molecule has 0 fully saturated rings. The van der Waals surface area contributed by atoms with E-state index in [1.807, 2.05) is 0 Å². The summed E-state index contributed by atoms with van der Waals surface area (Å²) in [5, 5.41) is 2.88. The number of nitrogens with two attached hydrogens (primary N) is 1. The highest BCUT2D eigenvalue weighted by molar-refractivity contribution is 7.73. The Hall–Kier alpha value is -1.17. The molecule has 2 N–H and O–H groups in total. The first-order chi connectivity index (χ1) is 9.18. The fourth-order valence-corrected chi connectivity index (χ4v) is 4.72. The van der Waals surface area contributed by atoms with Gasteiger partial charge in [0, 0.05) is 6.04 Å². The van der Waals surface area contributed by atoms with Gasteiger partial charge in [0.15, 0.2) is 0 Å². The Balaban J connectivity index is 2.29. The molecule has 2 aromatic rings. The molecular formula is C17H22NP. The summed E-state index contributed by atoms with van der Waals surface area (Å²) in [7, 11) is -0.303. The second kappa shape index (κ2) is 6.84. The molecule has 0 saturated carbocycles. The summed E-state index contributed by atoms with van der Waals surface area (Å²) in [6, 6.07) is 21.9. The summed E-state index contributed by atoms with van der Waals surface area (Å²) in [6.45, 7) is 4.36. The molecule has 0 aromatic heterocycles. The van der Waals surface area contributed by atoms with E-state index in [-0.39, 0.29) is 14.0 Å². The molecule has 2 unspecified atom stereocenters. The third-order valence-corrected chi connectivity index (χ3v) is 6.29. The molecule has 0 heterocycles. The van der Waals surface area contributed by atoms with Crippen molar-refractivity contribution < 1.29 is 0 Å². The molecule has 0 saturated heterocycles. The standard InChI is InChI=1S/C17H22NP/c1-14(15(2)18)13-19(16-9-5-3-6-10-16)17-11-7-4-8-12-17/h3-12,14-15H,13,18H2,1-2H3.